The molecule has 0 heterocycles. The molecule has 1 fully saturated rings. The van der Waals surface area contributed by atoms with Crippen molar-refractivity contribution in [3.8, 4) is 0 Å². The van der Waals surface area contributed by atoms with E-state index in [1.165, 1.54) is 0 Å². The average molecular weight is 195 g/mol. The van der Waals surface area contributed by atoms with E-state index in [-0.39, 0.29) is 6.10 Å². The molecule has 0 aromatic heterocycles. The maximum absolute atomic E-state index is 5.88. The van der Waals surface area contributed by atoms with Crippen molar-refractivity contribution in [2.75, 3.05) is 0 Å². The fourth-order valence-electron chi connectivity index (χ4n) is 1.10. The van der Waals surface area contributed by atoms with E-state index >= 15 is 0 Å². The Morgan fingerprint density at radius 3 is 2.09 bits per heavy atom. The fourth-order valence-corrected chi connectivity index (χ4v) is 1.74. The second-order valence-corrected chi connectivity index (χ2v) is 4.63. The molecular weight excluding hydrogens is 183 g/mol. The molecule has 64 valence electrons. The quantitative estimate of drug-likeness (QED) is 0.497. The molecule has 0 amide bonds. The molecule has 0 aromatic rings. The Morgan fingerprint density at radius 1 is 1.55 bits per heavy atom. The molecule has 0 radical (unpaired) electrons. The second-order valence-electron chi connectivity index (χ2n) is 3.14. The van der Waals surface area contributed by atoms with Crippen LogP contribution in [0.4, 0.5) is 0 Å². The minimum Gasteiger partial charge on any atom is -0.365 e. The molecule has 1 unspecified atom stereocenters. The van der Waals surface area contributed by atoms with Crippen LogP contribution in [-0.2, 0) is 4.74 Å². The summed E-state index contributed by atoms with van der Waals surface area (Å²) in [6.45, 7) is 7.55. The Balaban J connectivity index is 2.60. The van der Waals surface area contributed by atoms with E-state index in [2.05, 4.69) is 6.58 Å². The maximum atomic E-state index is 5.88. The van der Waals surface area contributed by atoms with Gasteiger partial charge in [0.05, 0.1) is 6.10 Å². The molecule has 0 bridgehead atoms. The van der Waals surface area contributed by atoms with Crippen molar-refractivity contribution in [1.82, 2.24) is 0 Å². The third-order valence-corrected chi connectivity index (χ3v) is 2.66. The summed E-state index contributed by atoms with van der Waals surface area (Å²) in [6.07, 6.45) is 2.46. The molecule has 1 aliphatic rings. The first kappa shape index (κ1) is 9.37. The van der Waals surface area contributed by atoms with Crippen molar-refractivity contribution in [2.24, 2.45) is 0 Å². The van der Waals surface area contributed by atoms with Crippen LogP contribution in [0.25, 0.3) is 0 Å². The van der Waals surface area contributed by atoms with Crippen molar-refractivity contribution >= 4 is 23.2 Å². The van der Waals surface area contributed by atoms with E-state index in [0.29, 0.717) is 6.42 Å². The Bertz CT molecular complexity index is 177. The molecule has 1 saturated carbocycles. The third-order valence-electron chi connectivity index (χ3n) is 1.75. The van der Waals surface area contributed by atoms with Gasteiger partial charge in [0.1, 0.15) is 5.60 Å². The maximum Gasteiger partial charge on any atom is 0.153 e. The highest BCUT2D eigenvalue weighted by Gasteiger charge is 2.66. The van der Waals surface area contributed by atoms with Crippen LogP contribution in [0.2, 0.25) is 0 Å². The summed E-state index contributed by atoms with van der Waals surface area (Å²) < 4.78 is 4.78. The van der Waals surface area contributed by atoms with E-state index in [9.17, 15) is 0 Å². The van der Waals surface area contributed by atoms with Crippen LogP contribution >= 0.6 is 23.2 Å². The minimum atomic E-state index is -0.751. The van der Waals surface area contributed by atoms with Gasteiger partial charge in [0.15, 0.2) is 4.33 Å². The molecule has 0 aromatic carbocycles. The largest absolute Gasteiger partial charge is 0.365 e. The number of rotatable bonds is 3. The van der Waals surface area contributed by atoms with Gasteiger partial charge in [0, 0.05) is 6.42 Å². The number of ether oxygens (including phenoxy) is 1. The monoisotopic (exact) mass is 194 g/mol. The van der Waals surface area contributed by atoms with Crippen LogP contribution in [0.1, 0.15) is 20.3 Å². The normalized spacial score (nSPS) is 33.9. The zero-order chi connectivity index (χ0) is 8.70. The summed E-state index contributed by atoms with van der Waals surface area (Å²) in [7, 11) is 0. The predicted octanol–water partition coefficient (Wildman–Crippen LogP) is 2.91. The van der Waals surface area contributed by atoms with Crippen molar-refractivity contribution in [3.05, 3.63) is 12.7 Å². The predicted molar refractivity (Wildman–Crippen MR) is 48.2 cm³/mol. The Labute approximate surface area is 77.3 Å². The molecular formula is C8H12Cl2O. The van der Waals surface area contributed by atoms with E-state index in [1.54, 1.807) is 6.08 Å². The number of alkyl halides is 2. The Kier molecular flexibility index (Phi) is 2.26. The summed E-state index contributed by atoms with van der Waals surface area (Å²) in [5.41, 5.74) is -0.496. The summed E-state index contributed by atoms with van der Waals surface area (Å²) >= 11 is 11.8. The summed E-state index contributed by atoms with van der Waals surface area (Å²) in [4.78, 5) is 0. The van der Waals surface area contributed by atoms with Gasteiger partial charge >= 0.3 is 0 Å². The van der Waals surface area contributed by atoms with Gasteiger partial charge in [-0.25, -0.2) is 0 Å². The third kappa shape index (κ3) is 1.56. The van der Waals surface area contributed by atoms with Gasteiger partial charge in [-0.3, -0.25) is 0 Å². The number of hydrogen-bond acceptors (Lipinski definition) is 1. The van der Waals surface area contributed by atoms with Crippen LogP contribution in [0.15, 0.2) is 12.7 Å². The molecule has 0 saturated heterocycles. The summed E-state index contributed by atoms with van der Waals surface area (Å²) in [6, 6.07) is 0. The molecule has 1 aliphatic carbocycles. The Hall–Kier alpha value is 0.280. The van der Waals surface area contributed by atoms with Crippen molar-refractivity contribution in [3.63, 3.8) is 0 Å². The number of halogens is 2. The average Bonchev–Trinajstić information content (AvgIpc) is 2.33. The highest BCUT2D eigenvalue weighted by Crippen LogP contribution is 2.60. The first-order chi connectivity index (χ1) is 4.93. The molecule has 1 nitrogen and oxygen atoms in total. The van der Waals surface area contributed by atoms with E-state index in [1.807, 2.05) is 13.8 Å². The Morgan fingerprint density at radius 2 is 2.00 bits per heavy atom. The smallest absolute Gasteiger partial charge is 0.153 e. The number of hydrogen-bond donors (Lipinski definition) is 0. The van der Waals surface area contributed by atoms with Crippen molar-refractivity contribution < 1.29 is 4.74 Å². The first-order valence-corrected chi connectivity index (χ1v) is 4.38. The van der Waals surface area contributed by atoms with E-state index < -0.39 is 9.93 Å². The SMILES string of the molecule is C=CC1(OC(C)C)CC1(Cl)Cl. The van der Waals surface area contributed by atoms with Gasteiger partial charge in [0.25, 0.3) is 0 Å². The van der Waals surface area contributed by atoms with Gasteiger partial charge in [-0.1, -0.05) is 29.3 Å². The van der Waals surface area contributed by atoms with Gasteiger partial charge in [0.2, 0.25) is 0 Å². The zero-order valence-corrected chi connectivity index (χ0v) is 8.24. The van der Waals surface area contributed by atoms with Crippen LogP contribution in [-0.4, -0.2) is 16.0 Å². The summed E-state index contributed by atoms with van der Waals surface area (Å²) in [5.74, 6) is 0. The molecule has 3 heteroatoms. The van der Waals surface area contributed by atoms with Crippen LogP contribution in [0.5, 0.6) is 0 Å². The molecule has 0 spiro atoms. The van der Waals surface area contributed by atoms with Gasteiger partial charge in [-0.05, 0) is 13.8 Å². The second kappa shape index (κ2) is 2.65. The van der Waals surface area contributed by atoms with Crippen molar-refractivity contribution in [1.29, 1.82) is 0 Å². The molecule has 11 heavy (non-hydrogen) atoms. The lowest BCUT2D eigenvalue weighted by molar-refractivity contribution is 0.0172. The summed E-state index contributed by atoms with van der Waals surface area (Å²) in [5, 5.41) is 0. The lowest BCUT2D eigenvalue weighted by Crippen LogP contribution is -2.22. The van der Waals surface area contributed by atoms with Crippen molar-refractivity contribution in [2.45, 2.75) is 36.3 Å². The van der Waals surface area contributed by atoms with E-state index in [0.717, 1.165) is 0 Å². The molecule has 0 N–H and O–H groups in total. The van der Waals surface area contributed by atoms with Gasteiger partial charge in [-0.2, -0.15) is 0 Å². The van der Waals surface area contributed by atoms with Crippen LogP contribution < -0.4 is 0 Å². The minimum absolute atomic E-state index is 0.132. The molecule has 1 atom stereocenters. The lowest BCUT2D eigenvalue weighted by Gasteiger charge is -2.17. The first-order valence-electron chi connectivity index (χ1n) is 3.63. The van der Waals surface area contributed by atoms with Gasteiger partial charge < -0.3 is 4.74 Å². The molecule has 0 aliphatic heterocycles. The topological polar surface area (TPSA) is 9.23 Å². The lowest BCUT2D eigenvalue weighted by atomic mass is 10.3. The zero-order valence-electron chi connectivity index (χ0n) is 6.73. The van der Waals surface area contributed by atoms with Crippen LogP contribution in [0.3, 0.4) is 0 Å². The van der Waals surface area contributed by atoms with Crippen LogP contribution in [0, 0.1) is 0 Å². The molecule has 1 rings (SSSR count). The van der Waals surface area contributed by atoms with Gasteiger partial charge in [-0.15, -0.1) is 6.58 Å². The standard InChI is InChI=1S/C8H12Cl2O/c1-4-7(11-6(2)3)5-8(7,9)10/h4,6H,1,5H2,2-3H3. The fraction of sp³-hybridized carbons (Fsp3) is 0.750. The highest BCUT2D eigenvalue weighted by atomic mass is 35.5. The highest BCUT2D eigenvalue weighted by molar-refractivity contribution is 6.52. The van der Waals surface area contributed by atoms with E-state index in [4.69, 9.17) is 27.9 Å².